The summed E-state index contributed by atoms with van der Waals surface area (Å²) in [7, 11) is 1.96. The molecule has 3 rings (SSSR count). The number of aliphatic imine (C=N–C) groups is 1. The van der Waals surface area contributed by atoms with Crippen molar-refractivity contribution in [1.29, 1.82) is 0 Å². The first kappa shape index (κ1) is 12.5. The number of amides is 1. The number of carbonyl (C=O) groups excluding carboxylic acids is 1. The molecule has 1 fully saturated rings. The molecule has 1 saturated heterocycles. The van der Waals surface area contributed by atoms with Crippen LogP contribution >= 0.6 is 11.8 Å². The van der Waals surface area contributed by atoms with Crippen molar-refractivity contribution in [3.63, 3.8) is 0 Å². The maximum atomic E-state index is 11.9. The molecule has 2 aliphatic rings. The van der Waals surface area contributed by atoms with Gasteiger partial charge in [0.05, 0.1) is 18.1 Å². The topological polar surface area (TPSA) is 46.8 Å². The van der Waals surface area contributed by atoms with Crippen molar-refractivity contribution in [3.8, 4) is 0 Å². The Hall–Kier alpha value is -1.53. The largest absolute Gasteiger partial charge is 0.378 e. The summed E-state index contributed by atoms with van der Waals surface area (Å²) in [6, 6.07) is 3.94. The minimum atomic E-state index is -0.146. The summed E-state index contributed by atoms with van der Waals surface area (Å²) in [5.41, 5.74) is 1.01. The number of hydrogen-bond acceptors (Lipinski definition) is 4. The lowest BCUT2D eigenvalue weighted by Gasteiger charge is -2.27. The fourth-order valence-corrected chi connectivity index (χ4v) is 3.00. The molecule has 0 N–H and O–H groups in total. The third-order valence-corrected chi connectivity index (χ3v) is 4.20. The molecule has 1 aromatic rings. The second kappa shape index (κ2) is 5.22. The fourth-order valence-electron chi connectivity index (χ4n) is 2.05. The number of thioether (sulfide) groups is 1. The van der Waals surface area contributed by atoms with E-state index < -0.39 is 0 Å². The zero-order valence-corrected chi connectivity index (χ0v) is 11.5. The highest BCUT2D eigenvalue weighted by atomic mass is 32.2. The third-order valence-electron chi connectivity index (χ3n) is 3.15. The average molecular weight is 277 g/mol. The summed E-state index contributed by atoms with van der Waals surface area (Å²) < 4.78 is 7.28. The summed E-state index contributed by atoms with van der Waals surface area (Å²) in [6.45, 7) is 3.00. The first-order valence-electron chi connectivity index (χ1n) is 6.20. The van der Waals surface area contributed by atoms with E-state index in [1.165, 1.54) is 11.8 Å². The van der Waals surface area contributed by atoms with Crippen molar-refractivity contribution in [2.45, 2.75) is 0 Å². The number of ether oxygens (including phenoxy) is 1. The van der Waals surface area contributed by atoms with Crippen LogP contribution in [0.4, 0.5) is 0 Å². The molecular weight excluding hydrogens is 262 g/mol. The summed E-state index contributed by atoms with van der Waals surface area (Å²) in [5, 5.41) is 0.800. The van der Waals surface area contributed by atoms with Gasteiger partial charge in [0.15, 0.2) is 5.17 Å². The summed E-state index contributed by atoms with van der Waals surface area (Å²) in [5.74, 6) is -0.146. The molecule has 6 heteroatoms. The molecule has 3 heterocycles. The van der Waals surface area contributed by atoms with Gasteiger partial charge in [0.2, 0.25) is 0 Å². The molecule has 0 atom stereocenters. The number of carbonyl (C=O) groups is 1. The average Bonchev–Trinajstić information content (AvgIpc) is 2.99. The lowest BCUT2D eigenvalue weighted by Crippen LogP contribution is -2.38. The monoisotopic (exact) mass is 277 g/mol. The van der Waals surface area contributed by atoms with Gasteiger partial charge in [-0.2, -0.15) is 4.99 Å². The van der Waals surface area contributed by atoms with E-state index in [9.17, 15) is 4.79 Å². The number of amidine groups is 1. The number of rotatable bonds is 1. The maximum absolute atomic E-state index is 11.9. The van der Waals surface area contributed by atoms with Gasteiger partial charge in [0.25, 0.3) is 5.91 Å². The summed E-state index contributed by atoms with van der Waals surface area (Å²) in [6.07, 6.45) is 3.85. The third kappa shape index (κ3) is 2.59. The van der Waals surface area contributed by atoms with Gasteiger partial charge < -0.3 is 14.2 Å². The van der Waals surface area contributed by atoms with Crippen molar-refractivity contribution < 1.29 is 9.53 Å². The van der Waals surface area contributed by atoms with E-state index in [2.05, 4.69) is 9.89 Å². The van der Waals surface area contributed by atoms with E-state index >= 15 is 0 Å². The predicted molar refractivity (Wildman–Crippen MR) is 75.8 cm³/mol. The van der Waals surface area contributed by atoms with Gasteiger partial charge in [-0.05, 0) is 30.0 Å². The Labute approximate surface area is 115 Å². The van der Waals surface area contributed by atoms with Crippen molar-refractivity contribution in [1.82, 2.24) is 9.47 Å². The molecule has 0 unspecified atom stereocenters. The Bertz CT molecular complexity index is 556. The SMILES string of the molecule is Cn1cccc1C=C1SC(N2CCOCC2)=NC1=O. The van der Waals surface area contributed by atoms with Gasteiger partial charge in [-0.1, -0.05) is 0 Å². The molecule has 0 aromatic carbocycles. The number of hydrogen-bond donors (Lipinski definition) is 0. The molecule has 0 spiro atoms. The molecule has 19 heavy (non-hydrogen) atoms. The van der Waals surface area contributed by atoms with E-state index in [4.69, 9.17) is 4.74 Å². The highest BCUT2D eigenvalue weighted by Crippen LogP contribution is 2.30. The summed E-state index contributed by atoms with van der Waals surface area (Å²) in [4.78, 5) is 18.9. The van der Waals surface area contributed by atoms with Crippen LogP contribution in [0.25, 0.3) is 6.08 Å². The van der Waals surface area contributed by atoms with Crippen LogP contribution in [0.5, 0.6) is 0 Å². The van der Waals surface area contributed by atoms with Gasteiger partial charge in [0, 0.05) is 32.0 Å². The molecule has 0 aliphatic carbocycles. The smallest absolute Gasteiger partial charge is 0.286 e. The highest BCUT2D eigenvalue weighted by Gasteiger charge is 2.27. The quantitative estimate of drug-likeness (QED) is 0.727. The number of aryl methyl sites for hydroxylation is 1. The second-order valence-corrected chi connectivity index (χ2v) is 5.46. The van der Waals surface area contributed by atoms with Gasteiger partial charge in [0.1, 0.15) is 0 Å². The van der Waals surface area contributed by atoms with Crippen LogP contribution in [-0.4, -0.2) is 46.8 Å². The molecule has 0 bridgehead atoms. The zero-order valence-electron chi connectivity index (χ0n) is 10.7. The second-order valence-electron chi connectivity index (χ2n) is 4.45. The highest BCUT2D eigenvalue weighted by molar-refractivity contribution is 8.18. The number of morpholine rings is 1. The first-order chi connectivity index (χ1) is 9.24. The van der Waals surface area contributed by atoms with Crippen LogP contribution in [0, 0.1) is 0 Å². The Kier molecular flexibility index (Phi) is 3.44. The molecule has 0 radical (unpaired) electrons. The summed E-state index contributed by atoms with van der Waals surface area (Å²) >= 11 is 1.45. The minimum Gasteiger partial charge on any atom is -0.378 e. The molecule has 2 aliphatic heterocycles. The normalized spacial score (nSPS) is 22.2. The first-order valence-corrected chi connectivity index (χ1v) is 7.02. The van der Waals surface area contributed by atoms with Crippen molar-refractivity contribution >= 4 is 28.9 Å². The Morgan fingerprint density at radius 2 is 2.21 bits per heavy atom. The minimum absolute atomic E-state index is 0.146. The standard InChI is InChI=1S/C13H15N3O2S/c1-15-4-2-3-10(15)9-11-12(17)14-13(19-11)16-5-7-18-8-6-16/h2-4,9H,5-8H2,1H3. The van der Waals surface area contributed by atoms with Crippen LogP contribution in [0.15, 0.2) is 28.2 Å². The Morgan fingerprint density at radius 3 is 2.89 bits per heavy atom. The van der Waals surface area contributed by atoms with Crippen molar-refractivity contribution in [3.05, 3.63) is 28.9 Å². The lowest BCUT2D eigenvalue weighted by atomic mass is 10.3. The van der Waals surface area contributed by atoms with Crippen LogP contribution in [0.3, 0.4) is 0 Å². The molecule has 100 valence electrons. The maximum Gasteiger partial charge on any atom is 0.286 e. The van der Waals surface area contributed by atoms with E-state index in [1.807, 2.05) is 36.0 Å². The molecular formula is C13H15N3O2S. The van der Waals surface area contributed by atoms with E-state index in [0.29, 0.717) is 18.1 Å². The Morgan fingerprint density at radius 1 is 1.42 bits per heavy atom. The van der Waals surface area contributed by atoms with E-state index in [0.717, 1.165) is 24.0 Å². The molecule has 0 saturated carbocycles. The molecule has 1 aromatic heterocycles. The van der Waals surface area contributed by atoms with Crippen LogP contribution in [0.1, 0.15) is 5.69 Å². The molecule has 5 nitrogen and oxygen atoms in total. The van der Waals surface area contributed by atoms with Crippen LogP contribution < -0.4 is 0 Å². The van der Waals surface area contributed by atoms with Gasteiger partial charge in [-0.3, -0.25) is 4.79 Å². The number of aromatic nitrogens is 1. The van der Waals surface area contributed by atoms with E-state index in [1.54, 1.807) is 0 Å². The van der Waals surface area contributed by atoms with Crippen LogP contribution in [-0.2, 0) is 16.6 Å². The predicted octanol–water partition coefficient (Wildman–Crippen LogP) is 1.33. The van der Waals surface area contributed by atoms with E-state index in [-0.39, 0.29) is 5.91 Å². The van der Waals surface area contributed by atoms with Gasteiger partial charge in [-0.25, -0.2) is 0 Å². The van der Waals surface area contributed by atoms with Crippen molar-refractivity contribution in [2.24, 2.45) is 12.0 Å². The zero-order chi connectivity index (χ0) is 13.2. The number of nitrogens with zero attached hydrogens (tertiary/aromatic N) is 3. The molecule has 1 amide bonds. The fraction of sp³-hybridized carbons (Fsp3) is 0.385. The van der Waals surface area contributed by atoms with Gasteiger partial charge in [-0.15, -0.1) is 0 Å². The van der Waals surface area contributed by atoms with Gasteiger partial charge >= 0.3 is 0 Å². The lowest BCUT2D eigenvalue weighted by molar-refractivity contribution is -0.113. The Balaban J connectivity index is 1.76. The van der Waals surface area contributed by atoms with Crippen molar-refractivity contribution in [2.75, 3.05) is 26.3 Å². The van der Waals surface area contributed by atoms with Crippen LogP contribution in [0.2, 0.25) is 0 Å².